The SMILES string of the molecule is CCc1ccccc1NC(=O)c1cc(F)cc(N)c1F. The summed E-state index contributed by atoms with van der Waals surface area (Å²) in [6.07, 6.45) is 0.713. The highest BCUT2D eigenvalue weighted by atomic mass is 19.1. The van der Waals surface area contributed by atoms with Crippen molar-refractivity contribution in [3.05, 3.63) is 59.2 Å². The first kappa shape index (κ1) is 14.0. The topological polar surface area (TPSA) is 55.1 Å². The van der Waals surface area contributed by atoms with Crippen molar-refractivity contribution in [2.24, 2.45) is 0 Å². The molecule has 0 aliphatic carbocycles. The molecular weight excluding hydrogens is 262 g/mol. The Labute approximate surface area is 115 Å². The van der Waals surface area contributed by atoms with Crippen LogP contribution in [0.3, 0.4) is 0 Å². The largest absolute Gasteiger partial charge is 0.396 e. The Hall–Kier alpha value is -2.43. The molecule has 0 spiro atoms. The van der Waals surface area contributed by atoms with E-state index in [4.69, 9.17) is 5.73 Å². The molecule has 2 aromatic carbocycles. The number of nitrogens with one attached hydrogen (secondary N) is 1. The maximum Gasteiger partial charge on any atom is 0.258 e. The summed E-state index contributed by atoms with van der Waals surface area (Å²) in [4.78, 5) is 12.0. The highest BCUT2D eigenvalue weighted by Gasteiger charge is 2.17. The second kappa shape index (κ2) is 5.69. The smallest absolute Gasteiger partial charge is 0.258 e. The predicted octanol–water partition coefficient (Wildman–Crippen LogP) is 3.36. The van der Waals surface area contributed by atoms with Crippen molar-refractivity contribution in [1.29, 1.82) is 0 Å². The van der Waals surface area contributed by atoms with E-state index in [1.54, 1.807) is 12.1 Å². The normalized spacial score (nSPS) is 10.3. The molecule has 0 bridgehead atoms. The molecule has 20 heavy (non-hydrogen) atoms. The Morgan fingerprint density at radius 2 is 1.95 bits per heavy atom. The minimum Gasteiger partial charge on any atom is -0.396 e. The van der Waals surface area contributed by atoms with Crippen LogP contribution in [0.1, 0.15) is 22.8 Å². The van der Waals surface area contributed by atoms with Crippen molar-refractivity contribution in [3.63, 3.8) is 0 Å². The van der Waals surface area contributed by atoms with Crippen LogP contribution in [-0.4, -0.2) is 5.91 Å². The molecular formula is C15H14F2N2O. The highest BCUT2D eigenvalue weighted by molar-refractivity contribution is 6.05. The molecule has 3 nitrogen and oxygen atoms in total. The molecule has 0 saturated heterocycles. The summed E-state index contributed by atoms with van der Waals surface area (Å²) in [5, 5.41) is 2.57. The number of nitrogens with two attached hydrogens (primary N) is 1. The van der Waals surface area contributed by atoms with E-state index in [1.807, 2.05) is 19.1 Å². The van der Waals surface area contributed by atoms with Crippen LogP contribution in [0, 0.1) is 11.6 Å². The number of benzene rings is 2. The Morgan fingerprint density at radius 3 is 2.65 bits per heavy atom. The Balaban J connectivity index is 2.33. The zero-order chi connectivity index (χ0) is 14.7. The van der Waals surface area contributed by atoms with Gasteiger partial charge in [-0.05, 0) is 30.2 Å². The van der Waals surface area contributed by atoms with Crippen LogP contribution in [0.15, 0.2) is 36.4 Å². The summed E-state index contributed by atoms with van der Waals surface area (Å²) >= 11 is 0. The molecule has 0 aromatic heterocycles. The van der Waals surface area contributed by atoms with Crippen LogP contribution in [0.4, 0.5) is 20.2 Å². The van der Waals surface area contributed by atoms with Gasteiger partial charge < -0.3 is 11.1 Å². The van der Waals surface area contributed by atoms with E-state index in [1.165, 1.54) is 0 Å². The van der Waals surface area contributed by atoms with E-state index < -0.39 is 23.1 Å². The fourth-order valence-electron chi connectivity index (χ4n) is 1.92. The van der Waals surface area contributed by atoms with Crippen molar-refractivity contribution < 1.29 is 13.6 Å². The molecule has 2 aromatic rings. The lowest BCUT2D eigenvalue weighted by atomic mass is 10.1. The summed E-state index contributed by atoms with van der Waals surface area (Å²) in [5.41, 5.74) is 5.99. The van der Waals surface area contributed by atoms with Gasteiger partial charge in [0.15, 0.2) is 5.82 Å². The van der Waals surface area contributed by atoms with Gasteiger partial charge in [-0.15, -0.1) is 0 Å². The molecule has 0 aliphatic rings. The van der Waals surface area contributed by atoms with Crippen LogP contribution >= 0.6 is 0 Å². The maximum atomic E-state index is 13.8. The Bertz CT molecular complexity index is 656. The van der Waals surface area contributed by atoms with Gasteiger partial charge in [-0.25, -0.2) is 8.78 Å². The van der Waals surface area contributed by atoms with Crippen LogP contribution in [0.2, 0.25) is 0 Å². The van der Waals surface area contributed by atoms with E-state index in [-0.39, 0.29) is 5.69 Å². The van der Waals surface area contributed by atoms with Gasteiger partial charge >= 0.3 is 0 Å². The van der Waals surface area contributed by atoms with Crippen LogP contribution in [0.25, 0.3) is 0 Å². The molecule has 0 radical (unpaired) electrons. The minimum absolute atomic E-state index is 0.390. The van der Waals surface area contributed by atoms with Crippen LogP contribution < -0.4 is 11.1 Å². The fraction of sp³-hybridized carbons (Fsp3) is 0.133. The third-order valence-electron chi connectivity index (χ3n) is 2.96. The number of anilines is 2. The number of carbonyl (C=O) groups excluding carboxylic acids is 1. The number of rotatable bonds is 3. The molecule has 1 amide bonds. The molecule has 104 valence electrons. The molecule has 3 N–H and O–H groups in total. The molecule has 0 saturated carbocycles. The van der Waals surface area contributed by atoms with Gasteiger partial charge in [-0.1, -0.05) is 25.1 Å². The van der Waals surface area contributed by atoms with Crippen molar-refractivity contribution in [2.45, 2.75) is 13.3 Å². The fourth-order valence-corrected chi connectivity index (χ4v) is 1.92. The lowest BCUT2D eigenvalue weighted by molar-refractivity contribution is 0.102. The number of para-hydroxylation sites is 1. The van der Waals surface area contributed by atoms with Crippen LogP contribution in [0.5, 0.6) is 0 Å². The van der Waals surface area contributed by atoms with Crippen molar-refractivity contribution >= 4 is 17.3 Å². The average Bonchev–Trinajstić information content (AvgIpc) is 2.43. The minimum atomic E-state index is -0.919. The molecule has 0 unspecified atom stereocenters. The first-order valence-corrected chi connectivity index (χ1v) is 6.16. The third-order valence-corrected chi connectivity index (χ3v) is 2.96. The molecule has 0 heterocycles. The van der Waals surface area contributed by atoms with Gasteiger partial charge in [0.05, 0.1) is 11.3 Å². The molecule has 0 fully saturated rings. The molecule has 0 atom stereocenters. The first-order chi connectivity index (χ1) is 9.52. The van der Waals surface area contributed by atoms with E-state index in [9.17, 15) is 13.6 Å². The lowest BCUT2D eigenvalue weighted by Gasteiger charge is -2.11. The van der Waals surface area contributed by atoms with Gasteiger partial charge in [0.25, 0.3) is 5.91 Å². The second-order valence-electron chi connectivity index (χ2n) is 4.32. The maximum absolute atomic E-state index is 13.8. The van der Waals surface area contributed by atoms with E-state index in [0.717, 1.165) is 17.7 Å². The summed E-state index contributed by atoms with van der Waals surface area (Å²) in [5.74, 6) is -2.40. The van der Waals surface area contributed by atoms with Crippen molar-refractivity contribution in [1.82, 2.24) is 0 Å². The summed E-state index contributed by atoms with van der Waals surface area (Å²) in [6.45, 7) is 1.94. The van der Waals surface area contributed by atoms with Gasteiger partial charge in [0.2, 0.25) is 0 Å². The number of carbonyl (C=O) groups is 1. The number of halogens is 2. The standard InChI is InChI=1S/C15H14F2N2O/c1-2-9-5-3-4-6-13(9)19-15(20)11-7-10(16)8-12(18)14(11)17/h3-8H,2,18H2,1H3,(H,19,20). The predicted molar refractivity (Wildman–Crippen MR) is 74.5 cm³/mol. The van der Waals surface area contributed by atoms with Gasteiger partial charge in [0, 0.05) is 5.69 Å². The number of aryl methyl sites for hydroxylation is 1. The van der Waals surface area contributed by atoms with Gasteiger partial charge in [-0.3, -0.25) is 4.79 Å². The monoisotopic (exact) mass is 276 g/mol. The van der Waals surface area contributed by atoms with Gasteiger partial charge in [-0.2, -0.15) is 0 Å². The zero-order valence-corrected chi connectivity index (χ0v) is 10.9. The number of hydrogen-bond donors (Lipinski definition) is 2. The Morgan fingerprint density at radius 1 is 1.25 bits per heavy atom. The van der Waals surface area contributed by atoms with Crippen molar-refractivity contribution in [3.8, 4) is 0 Å². The molecule has 5 heteroatoms. The number of hydrogen-bond acceptors (Lipinski definition) is 2. The van der Waals surface area contributed by atoms with Crippen LogP contribution in [-0.2, 0) is 6.42 Å². The zero-order valence-electron chi connectivity index (χ0n) is 10.9. The highest BCUT2D eigenvalue weighted by Crippen LogP contribution is 2.21. The molecule has 2 rings (SSSR count). The third kappa shape index (κ3) is 2.77. The summed E-state index contributed by atoms with van der Waals surface area (Å²) in [6, 6.07) is 8.82. The quantitative estimate of drug-likeness (QED) is 0.844. The van der Waals surface area contributed by atoms with E-state index in [2.05, 4.69) is 5.32 Å². The average molecular weight is 276 g/mol. The van der Waals surface area contributed by atoms with E-state index in [0.29, 0.717) is 12.1 Å². The molecule has 0 aliphatic heterocycles. The van der Waals surface area contributed by atoms with Crippen molar-refractivity contribution in [2.75, 3.05) is 11.1 Å². The van der Waals surface area contributed by atoms with Gasteiger partial charge in [0.1, 0.15) is 5.82 Å². The summed E-state index contributed by atoms with van der Waals surface area (Å²) < 4.78 is 27.0. The number of amides is 1. The first-order valence-electron chi connectivity index (χ1n) is 6.16. The number of nitrogen functional groups attached to an aromatic ring is 1. The second-order valence-corrected chi connectivity index (χ2v) is 4.32. The van der Waals surface area contributed by atoms with E-state index >= 15 is 0 Å². The Kier molecular flexibility index (Phi) is 3.98. The lowest BCUT2D eigenvalue weighted by Crippen LogP contribution is -2.16. The summed E-state index contributed by atoms with van der Waals surface area (Å²) in [7, 11) is 0.